The number of amides is 17. The lowest BCUT2D eigenvalue weighted by Gasteiger charge is -2.30. The van der Waals surface area contributed by atoms with Crippen molar-refractivity contribution in [1.29, 1.82) is 0 Å². The zero-order valence-electron chi connectivity index (χ0n) is 85.9. The zero-order valence-corrected chi connectivity index (χ0v) is 86.7. The smallest absolute Gasteiger partial charge is 0.322 e. The fourth-order valence-corrected chi connectivity index (χ4v) is 16.8. The minimum absolute atomic E-state index is 0.0194. The molecule has 1 aliphatic heterocycles. The predicted octanol–water partition coefficient (Wildman–Crippen LogP) is 0.810. The summed E-state index contributed by atoms with van der Waals surface area (Å²) in [5.41, 5.74) is 21.6. The fraction of sp³-hybridized carbons (Fsp3) is 0.490. The highest BCUT2D eigenvalue weighted by molar-refractivity contribution is 7.86. The third-order valence-electron chi connectivity index (χ3n) is 24.7. The molecule has 1 saturated heterocycles. The van der Waals surface area contributed by atoms with E-state index in [0.717, 1.165) is 5.69 Å². The van der Waals surface area contributed by atoms with Gasteiger partial charge in [-0.15, -0.1) is 0 Å². The molecule has 816 valence electrons. The number of nitrogens with zero attached hydrogens (tertiary/aromatic N) is 4. The molecule has 0 spiro atoms. The Bertz CT molecular complexity index is 5790. The molecule has 26 N–H and O–H groups in total. The highest BCUT2D eigenvalue weighted by Crippen LogP contribution is 2.30. The molecular weight excluding hydrogens is 1960 g/mol. The number of benzene rings is 6. The molecule has 0 bridgehead atoms. The van der Waals surface area contributed by atoms with E-state index in [9.17, 15) is 115 Å². The molecule has 1 fully saturated rings. The Kier molecular flexibility index (Phi) is 49.5. The van der Waals surface area contributed by atoms with Crippen LogP contribution in [0.2, 0.25) is 0 Å². The van der Waals surface area contributed by atoms with E-state index in [1.807, 2.05) is 43.3 Å². The van der Waals surface area contributed by atoms with Gasteiger partial charge in [0.1, 0.15) is 89.7 Å². The van der Waals surface area contributed by atoms with Crippen molar-refractivity contribution in [2.24, 2.45) is 45.2 Å². The lowest BCUT2D eigenvalue weighted by Crippen LogP contribution is -2.61. The van der Waals surface area contributed by atoms with Gasteiger partial charge < -0.3 is 127 Å². The number of nitrogens with two attached hydrogens (primary N) is 3. The Morgan fingerprint density at radius 2 is 1.03 bits per heavy atom. The van der Waals surface area contributed by atoms with Gasteiger partial charge in [-0.2, -0.15) is 18.6 Å². The van der Waals surface area contributed by atoms with Crippen molar-refractivity contribution >= 4 is 150 Å². The standard InChI is InChI=1S/C102H143N23O24S/c1-11-60(6)88(101(145)115-74(93(137)110-56-86(131)132)27-16-18-48-108-91(135)65-33-35-66(36-34-65)122-123-67-37-39-68(40-38-67)124(9)10)120-85(130)55-109-89(133)61(7)112-99(143)81-29-21-51-125(81)102(146)79(54-63-22-13-12-14-23-63)118-95(139)76(44-45-83(105)128)114-98(142)80(57-126)119-90(134)62(8)111-94(138)75(26-15-17-47-103)113-96(140)77(52-58(2)3)116-97(141)78(53-64-31-41-69(127)42-32-64)117-100(144)87(59(4)5)121-92(136)72(104)43-46-84(129)107-50-49-106-73-28-19-25-71-70(73)24-20-30-82(71)150(147,148)149/h12-14,19-20,22-25,28,30-42,58-62,72,74-81,87-88,106,126-127H,11,15-18,21,26-27,29,43-57,103-104H2,1-10H3,(H2,105,128)(H,107,129)(H,108,135)(H,109,133)(H,110,137)(H,111,138)(H,112,143)(H,113,140)(H,114,142)(H,115,145)(H,116,141)(H,117,144)(H,118,139)(H,119,134)(H,120,130)(H,121,136)(H,131,132)(H,147,148,149)/t60-,61-,62-,72-,74-,75-,76-,77-,78-,79-,80-,81-,87-,88-/m0/s1. The molecule has 7 rings (SSSR count). The summed E-state index contributed by atoms with van der Waals surface area (Å²) in [5, 5.41) is 81.2. The topological polar surface area (TPSA) is 724 Å². The number of likely N-dealkylation sites (tertiary alicyclic amines) is 1. The first-order valence-corrected chi connectivity index (χ1v) is 51.3. The normalized spacial score (nSPS) is 15.0. The van der Waals surface area contributed by atoms with Crippen LogP contribution in [0, 0.1) is 17.8 Å². The molecule has 47 nitrogen and oxygen atoms in total. The minimum Gasteiger partial charge on any atom is -0.508 e. The third-order valence-corrected chi connectivity index (χ3v) is 25.7. The summed E-state index contributed by atoms with van der Waals surface area (Å²) in [6.45, 7) is 10.5. The maximum atomic E-state index is 15.0. The number of carboxylic acids is 1. The highest BCUT2D eigenvalue weighted by Gasteiger charge is 2.42. The molecule has 1 heterocycles. The Morgan fingerprint density at radius 3 is 1.64 bits per heavy atom. The summed E-state index contributed by atoms with van der Waals surface area (Å²) in [5.74, 6) is -17.6. The number of carboxylic acid groups (broad SMARTS) is 1. The average molecular weight is 2110 g/mol. The van der Waals surface area contributed by atoms with Crippen molar-refractivity contribution in [2.45, 2.75) is 242 Å². The van der Waals surface area contributed by atoms with Crippen molar-refractivity contribution in [3.8, 4) is 5.75 Å². The number of aliphatic hydroxyl groups excluding tert-OH is 1. The lowest BCUT2D eigenvalue weighted by molar-refractivity contribution is -0.142. The Labute approximate surface area is 870 Å². The van der Waals surface area contributed by atoms with Gasteiger partial charge in [-0.1, -0.05) is 115 Å². The molecule has 0 aliphatic carbocycles. The number of rotatable bonds is 62. The van der Waals surface area contributed by atoms with Gasteiger partial charge in [0.25, 0.3) is 16.0 Å². The largest absolute Gasteiger partial charge is 0.508 e. The Morgan fingerprint density at radius 1 is 0.487 bits per heavy atom. The van der Waals surface area contributed by atoms with Gasteiger partial charge in [-0.3, -0.25) is 90.9 Å². The molecular formula is C102H143N23O24S. The number of unbranched alkanes of at least 4 members (excludes halogenated alkanes) is 2. The molecule has 0 aromatic heterocycles. The molecule has 6 aromatic rings. The van der Waals surface area contributed by atoms with Crippen LogP contribution in [0.3, 0.4) is 0 Å². The van der Waals surface area contributed by atoms with Crippen LogP contribution in [-0.4, -0.2) is 285 Å². The fourth-order valence-electron chi connectivity index (χ4n) is 16.1. The SMILES string of the molecule is CC[C@H](C)[C@H](NC(=O)CNC(=O)[C@H](C)NC(=O)[C@@H]1CCCN1C(=O)[C@H](Cc1ccccc1)NC(=O)[C@H](CCC(N)=O)NC(=O)[C@H](CO)NC(=O)[C@H](C)NC(=O)[C@H](CCCCN)NC(=O)[C@H](CC(C)C)NC(=O)[C@H](Cc1ccc(O)cc1)NC(=O)[C@@H](NC(=O)[C@@H](N)CCC(=O)NCCNc1cccc2c(S(=O)(=O)O)cccc12)C(C)C)C(=O)N[C@@H](CCCCNC(=O)c1ccc(N=Nc2ccc(N(C)C)cc2)cc1)C(=O)NCC(=O)O. The van der Waals surface area contributed by atoms with Gasteiger partial charge >= 0.3 is 5.97 Å². The maximum Gasteiger partial charge on any atom is 0.322 e. The first-order valence-electron chi connectivity index (χ1n) is 49.8. The monoisotopic (exact) mass is 2110 g/mol. The quantitative estimate of drug-likeness (QED) is 0.0143. The molecule has 0 saturated carbocycles. The summed E-state index contributed by atoms with van der Waals surface area (Å²) >= 11 is 0. The van der Waals surface area contributed by atoms with Crippen LogP contribution < -0.4 is 107 Å². The van der Waals surface area contributed by atoms with Gasteiger partial charge in [0.05, 0.1) is 30.6 Å². The molecule has 0 radical (unpaired) electrons. The number of carbonyl (C=O) groups is 18. The van der Waals surface area contributed by atoms with Gasteiger partial charge in [0.2, 0.25) is 94.5 Å². The summed E-state index contributed by atoms with van der Waals surface area (Å²) < 4.78 is 33.7. The molecule has 0 unspecified atom stereocenters. The number of aromatic hydroxyl groups is 1. The average Bonchev–Trinajstić information content (AvgIpc) is 0.834. The first-order chi connectivity index (χ1) is 71.2. The van der Waals surface area contributed by atoms with E-state index >= 15 is 0 Å². The second-order valence-electron chi connectivity index (χ2n) is 37.7. The first kappa shape index (κ1) is 122. The molecule has 14 atom stereocenters. The van der Waals surface area contributed by atoms with Crippen LogP contribution in [0.4, 0.5) is 22.7 Å². The van der Waals surface area contributed by atoms with E-state index in [1.54, 1.807) is 114 Å². The number of aliphatic hydroxyl groups is 1. The molecule has 17 amide bonds. The summed E-state index contributed by atoms with van der Waals surface area (Å²) in [7, 11) is -0.682. The predicted molar refractivity (Wildman–Crippen MR) is 555 cm³/mol. The van der Waals surface area contributed by atoms with Crippen molar-refractivity contribution in [1.82, 2.24) is 84.7 Å². The summed E-state index contributed by atoms with van der Waals surface area (Å²) in [6, 6.07) is 18.2. The van der Waals surface area contributed by atoms with Crippen LogP contribution in [-0.2, 0) is 104 Å². The van der Waals surface area contributed by atoms with Crippen LogP contribution in [0.15, 0.2) is 155 Å². The number of nitrogens with one attached hydrogen (secondary N) is 16. The Balaban J connectivity index is 0.931. The van der Waals surface area contributed by atoms with Crippen molar-refractivity contribution in [2.75, 3.05) is 76.7 Å². The number of phenols is 1. The lowest BCUT2D eigenvalue weighted by atomic mass is 9.97. The number of hydrogen-bond acceptors (Lipinski definition) is 28. The van der Waals surface area contributed by atoms with Gasteiger partial charge in [-0.25, -0.2) is 0 Å². The number of anilines is 2. The van der Waals surface area contributed by atoms with Crippen molar-refractivity contribution in [3.63, 3.8) is 0 Å². The van der Waals surface area contributed by atoms with Crippen LogP contribution >= 0.6 is 0 Å². The number of phenolic OH excluding ortho intramolecular Hbond substituents is 1. The van der Waals surface area contributed by atoms with Gasteiger partial charge in [0, 0.05) is 93.7 Å². The van der Waals surface area contributed by atoms with E-state index in [2.05, 4.69) is 95.3 Å². The van der Waals surface area contributed by atoms with E-state index in [1.165, 1.54) is 61.2 Å². The van der Waals surface area contributed by atoms with E-state index < -0.39 is 239 Å². The number of aliphatic carboxylic acids is 1. The van der Waals surface area contributed by atoms with E-state index in [4.69, 9.17) is 17.2 Å². The minimum atomic E-state index is -4.52. The number of primary amides is 1. The second-order valence-corrected chi connectivity index (χ2v) is 39.1. The number of azo groups is 1. The van der Waals surface area contributed by atoms with E-state index in [-0.39, 0.29) is 125 Å². The molecule has 6 aromatic carbocycles. The maximum absolute atomic E-state index is 15.0. The third kappa shape index (κ3) is 40.1. The van der Waals surface area contributed by atoms with Crippen molar-refractivity contribution in [3.05, 3.63) is 156 Å². The summed E-state index contributed by atoms with van der Waals surface area (Å²) in [6.07, 6.45) is -0.240. The molecule has 150 heavy (non-hydrogen) atoms. The number of fused-ring (bicyclic) bond motifs is 1. The Hall–Kier alpha value is -15.2. The van der Waals surface area contributed by atoms with Crippen LogP contribution in [0.1, 0.15) is 167 Å². The second kappa shape index (κ2) is 60.9. The van der Waals surface area contributed by atoms with Gasteiger partial charge in [0.15, 0.2) is 0 Å². The zero-order chi connectivity index (χ0) is 111. The van der Waals surface area contributed by atoms with Crippen LogP contribution in [0.25, 0.3) is 10.8 Å². The number of carbonyl (C=O) groups excluding carboxylic acids is 17. The highest BCUT2D eigenvalue weighted by atomic mass is 32.2. The summed E-state index contributed by atoms with van der Waals surface area (Å²) in [4.78, 5) is 252. The van der Waals surface area contributed by atoms with Crippen molar-refractivity contribution < 1.29 is 115 Å². The number of hydrogen-bond donors (Lipinski definition) is 23. The molecule has 48 heteroatoms. The molecule has 1 aliphatic rings. The van der Waals surface area contributed by atoms with Crippen LogP contribution in [0.5, 0.6) is 5.75 Å². The van der Waals surface area contributed by atoms with Gasteiger partial charge in [-0.05, 0) is 193 Å². The van der Waals surface area contributed by atoms with E-state index in [0.29, 0.717) is 58.4 Å².